The van der Waals surface area contributed by atoms with Crippen molar-refractivity contribution in [1.29, 1.82) is 0 Å². The first-order valence-electron chi connectivity index (χ1n) is 5.19. The first kappa shape index (κ1) is 22.1. The molecule has 0 saturated heterocycles. The van der Waals surface area contributed by atoms with Crippen molar-refractivity contribution < 1.29 is 20.5 Å². The number of guanidine groups is 1. The summed E-state index contributed by atoms with van der Waals surface area (Å²) in [6.45, 7) is 2.14. The first-order chi connectivity index (χ1) is 7.47. The number of rotatable bonds is 8. The Morgan fingerprint density at radius 1 is 1.44 bits per heavy atom. The summed E-state index contributed by atoms with van der Waals surface area (Å²) in [5.41, 5.74) is 10.3. The summed E-state index contributed by atoms with van der Waals surface area (Å²) in [5.74, 6) is -0.995. The van der Waals surface area contributed by atoms with Crippen molar-refractivity contribution in [3.8, 4) is 0 Å². The molecule has 0 bridgehead atoms. The van der Waals surface area contributed by atoms with Gasteiger partial charge in [0.15, 0.2) is 5.96 Å². The van der Waals surface area contributed by atoms with Crippen molar-refractivity contribution in [2.75, 3.05) is 6.54 Å². The lowest BCUT2D eigenvalue weighted by Gasteiger charge is -2.17. The van der Waals surface area contributed by atoms with Crippen LogP contribution in [-0.4, -0.2) is 46.4 Å². The highest BCUT2D eigenvalue weighted by atomic mass is 35.5. The van der Waals surface area contributed by atoms with Gasteiger partial charge in [0.25, 0.3) is 0 Å². The van der Waals surface area contributed by atoms with E-state index in [9.17, 15) is 9.90 Å². The molecule has 0 spiro atoms. The van der Waals surface area contributed by atoms with Gasteiger partial charge in [-0.25, -0.2) is 0 Å². The van der Waals surface area contributed by atoms with Crippen LogP contribution in [0.1, 0.15) is 26.2 Å². The lowest BCUT2D eigenvalue weighted by Crippen LogP contribution is -2.43. The van der Waals surface area contributed by atoms with E-state index < -0.39 is 18.2 Å². The molecule has 2 unspecified atom stereocenters. The Morgan fingerprint density at radius 2 is 2.00 bits per heavy atom. The van der Waals surface area contributed by atoms with Crippen LogP contribution in [0.4, 0.5) is 0 Å². The Bertz CT molecular complexity index is 249. The monoisotopic (exact) mass is 286 g/mol. The molecule has 0 amide bonds. The SMILES string of the molecule is CCC(O)NC(CCCN=C(N)N)C(=O)O.Cl.O. The normalized spacial score (nSPS) is 12.6. The zero-order chi connectivity index (χ0) is 12.6. The Labute approximate surface area is 112 Å². The Hall–Kier alpha value is -1.09. The summed E-state index contributed by atoms with van der Waals surface area (Å²) < 4.78 is 0. The quantitative estimate of drug-likeness (QED) is 0.156. The summed E-state index contributed by atoms with van der Waals surface area (Å²) in [6, 6.07) is -0.774. The summed E-state index contributed by atoms with van der Waals surface area (Å²) in [6.07, 6.45) is 0.559. The lowest BCUT2D eigenvalue weighted by molar-refractivity contribution is -0.140. The molecule has 8 nitrogen and oxygen atoms in total. The highest BCUT2D eigenvalue weighted by Crippen LogP contribution is 2.00. The lowest BCUT2D eigenvalue weighted by atomic mass is 10.1. The van der Waals surface area contributed by atoms with Crippen LogP contribution in [0.5, 0.6) is 0 Å². The van der Waals surface area contributed by atoms with Crippen molar-refractivity contribution >= 4 is 24.3 Å². The van der Waals surface area contributed by atoms with E-state index in [2.05, 4.69) is 10.3 Å². The third-order valence-electron chi connectivity index (χ3n) is 2.02. The van der Waals surface area contributed by atoms with E-state index in [1.165, 1.54) is 0 Å². The second kappa shape index (κ2) is 12.4. The van der Waals surface area contributed by atoms with Gasteiger partial charge in [0.1, 0.15) is 12.3 Å². The molecule has 9 N–H and O–H groups in total. The van der Waals surface area contributed by atoms with Crippen molar-refractivity contribution in [2.45, 2.75) is 38.5 Å². The first-order valence-corrected chi connectivity index (χ1v) is 5.19. The Morgan fingerprint density at radius 3 is 2.39 bits per heavy atom. The molecular formula is C9H23ClN4O4. The second-order valence-corrected chi connectivity index (χ2v) is 3.43. The molecule has 2 atom stereocenters. The van der Waals surface area contributed by atoms with Gasteiger partial charge in [-0.15, -0.1) is 12.4 Å². The maximum atomic E-state index is 10.8. The molecular weight excluding hydrogens is 264 g/mol. The van der Waals surface area contributed by atoms with Gasteiger partial charge in [0.2, 0.25) is 0 Å². The van der Waals surface area contributed by atoms with Crippen LogP contribution < -0.4 is 16.8 Å². The zero-order valence-electron chi connectivity index (χ0n) is 10.3. The molecule has 0 aliphatic rings. The number of carbonyl (C=O) groups is 1. The smallest absolute Gasteiger partial charge is 0.320 e. The molecule has 0 radical (unpaired) electrons. The van der Waals surface area contributed by atoms with E-state index in [4.69, 9.17) is 16.6 Å². The molecule has 0 saturated carbocycles. The number of hydrogen-bond acceptors (Lipinski definition) is 4. The van der Waals surface area contributed by atoms with E-state index in [0.29, 0.717) is 25.8 Å². The zero-order valence-corrected chi connectivity index (χ0v) is 11.1. The van der Waals surface area contributed by atoms with Crippen LogP contribution in [0, 0.1) is 0 Å². The van der Waals surface area contributed by atoms with E-state index in [-0.39, 0.29) is 23.8 Å². The summed E-state index contributed by atoms with van der Waals surface area (Å²) in [5, 5.41) is 20.7. The predicted octanol–water partition coefficient (Wildman–Crippen LogP) is -1.59. The van der Waals surface area contributed by atoms with Gasteiger partial charge in [-0.3, -0.25) is 15.1 Å². The summed E-state index contributed by atoms with van der Waals surface area (Å²) in [7, 11) is 0. The van der Waals surface area contributed by atoms with Crippen LogP contribution >= 0.6 is 12.4 Å². The van der Waals surface area contributed by atoms with Crippen molar-refractivity contribution in [3.05, 3.63) is 0 Å². The highest BCUT2D eigenvalue weighted by molar-refractivity contribution is 5.85. The molecule has 0 aliphatic heterocycles. The second-order valence-electron chi connectivity index (χ2n) is 3.43. The Kier molecular flexibility index (Phi) is 15.2. The van der Waals surface area contributed by atoms with Crippen LogP contribution in [0.2, 0.25) is 0 Å². The average molecular weight is 287 g/mol. The van der Waals surface area contributed by atoms with Crippen LogP contribution in [0.25, 0.3) is 0 Å². The highest BCUT2D eigenvalue weighted by Gasteiger charge is 2.18. The number of aliphatic carboxylic acids is 1. The minimum Gasteiger partial charge on any atom is -0.480 e. The summed E-state index contributed by atoms with van der Waals surface area (Å²) in [4.78, 5) is 14.6. The van der Waals surface area contributed by atoms with Gasteiger partial charge >= 0.3 is 5.97 Å². The number of aliphatic imine (C=N–C) groups is 1. The van der Waals surface area contributed by atoms with Gasteiger partial charge < -0.3 is 27.2 Å². The number of nitrogens with one attached hydrogen (secondary N) is 1. The fraction of sp³-hybridized carbons (Fsp3) is 0.778. The Balaban J connectivity index is -0.00000112. The summed E-state index contributed by atoms with van der Waals surface area (Å²) >= 11 is 0. The fourth-order valence-electron chi connectivity index (χ4n) is 1.13. The molecule has 110 valence electrons. The number of hydrogen-bond donors (Lipinski definition) is 5. The largest absolute Gasteiger partial charge is 0.480 e. The standard InChI is InChI=1S/C9H20N4O3.ClH.H2O/c1-2-7(14)13-6(8(15)16)4-3-5-12-9(10)11;;/h6-7,13-14H,2-5H2,1H3,(H,15,16)(H4,10,11,12);1H;1H2. The molecule has 9 heteroatoms. The van der Waals surface area contributed by atoms with E-state index >= 15 is 0 Å². The molecule has 0 heterocycles. The van der Waals surface area contributed by atoms with Crippen LogP contribution in [-0.2, 0) is 4.79 Å². The molecule has 0 aliphatic carbocycles. The predicted molar refractivity (Wildman–Crippen MR) is 71.6 cm³/mol. The number of nitrogens with two attached hydrogens (primary N) is 2. The molecule has 0 aromatic rings. The number of carboxylic acids is 1. The minimum atomic E-state index is -0.989. The molecule has 18 heavy (non-hydrogen) atoms. The molecule has 0 aromatic heterocycles. The maximum absolute atomic E-state index is 10.8. The van der Waals surface area contributed by atoms with Crippen molar-refractivity contribution in [3.63, 3.8) is 0 Å². The van der Waals surface area contributed by atoms with Crippen LogP contribution in [0.15, 0.2) is 4.99 Å². The third kappa shape index (κ3) is 11.4. The van der Waals surface area contributed by atoms with Crippen molar-refractivity contribution in [1.82, 2.24) is 5.32 Å². The number of nitrogens with zero attached hydrogens (tertiary/aromatic N) is 1. The molecule has 0 rings (SSSR count). The topological polar surface area (TPSA) is 165 Å². The maximum Gasteiger partial charge on any atom is 0.320 e. The number of carboxylic acid groups (broad SMARTS) is 1. The molecule has 0 aromatic carbocycles. The third-order valence-corrected chi connectivity index (χ3v) is 2.02. The van der Waals surface area contributed by atoms with Crippen LogP contribution in [0.3, 0.4) is 0 Å². The van der Waals surface area contributed by atoms with Crippen molar-refractivity contribution in [2.24, 2.45) is 16.5 Å². The van der Waals surface area contributed by atoms with Gasteiger partial charge in [0.05, 0.1) is 0 Å². The van der Waals surface area contributed by atoms with Gasteiger partial charge in [-0.1, -0.05) is 6.92 Å². The van der Waals surface area contributed by atoms with E-state index in [1.54, 1.807) is 6.92 Å². The minimum absolute atomic E-state index is 0. The molecule has 0 fully saturated rings. The van der Waals surface area contributed by atoms with Gasteiger partial charge in [-0.2, -0.15) is 0 Å². The van der Waals surface area contributed by atoms with Gasteiger partial charge in [0, 0.05) is 6.54 Å². The average Bonchev–Trinajstić information content (AvgIpc) is 2.21. The van der Waals surface area contributed by atoms with E-state index in [0.717, 1.165) is 0 Å². The number of aliphatic hydroxyl groups excluding tert-OH is 1. The number of aliphatic hydroxyl groups is 1. The fourth-order valence-corrected chi connectivity index (χ4v) is 1.13. The number of halogens is 1. The van der Waals surface area contributed by atoms with E-state index in [1.807, 2.05) is 0 Å². The van der Waals surface area contributed by atoms with Gasteiger partial charge in [-0.05, 0) is 19.3 Å².